The number of hydrogen-bond donors (Lipinski definition) is 0. The van der Waals surface area contributed by atoms with Crippen LogP contribution in [0.2, 0.25) is 0 Å². The first-order valence-corrected chi connectivity index (χ1v) is 9.56. The van der Waals surface area contributed by atoms with Crippen LogP contribution >= 0.6 is 0 Å². The summed E-state index contributed by atoms with van der Waals surface area (Å²) in [6.07, 6.45) is 3.37. The van der Waals surface area contributed by atoms with Gasteiger partial charge in [0, 0.05) is 50.4 Å². The Morgan fingerprint density at radius 3 is 2.68 bits per heavy atom. The van der Waals surface area contributed by atoms with Crippen molar-refractivity contribution in [2.45, 2.75) is 12.6 Å². The van der Waals surface area contributed by atoms with Crippen LogP contribution in [0.5, 0.6) is 0 Å². The van der Waals surface area contributed by atoms with Crippen LogP contribution in [0.15, 0.2) is 47.3 Å². The lowest BCUT2D eigenvalue weighted by molar-refractivity contribution is -0.0433. The fraction of sp³-hybridized carbons (Fsp3) is 0.476. The molecule has 1 saturated heterocycles. The Hall–Kier alpha value is -2.22. The third-order valence-corrected chi connectivity index (χ3v) is 4.83. The molecule has 7 heteroatoms. The zero-order chi connectivity index (χ0) is 19.9. The van der Waals surface area contributed by atoms with Crippen LogP contribution in [-0.2, 0) is 11.3 Å². The van der Waals surface area contributed by atoms with E-state index in [4.69, 9.17) is 9.15 Å². The quantitative estimate of drug-likeness (QED) is 0.694. The number of nitrogens with zero attached hydrogens (tertiary/aromatic N) is 3. The van der Waals surface area contributed by atoms with Crippen LogP contribution < -0.4 is 0 Å². The van der Waals surface area contributed by atoms with Gasteiger partial charge in [-0.1, -0.05) is 0 Å². The molecule has 2 heterocycles. The van der Waals surface area contributed by atoms with E-state index in [1.54, 1.807) is 17.4 Å². The van der Waals surface area contributed by atoms with E-state index in [1.165, 1.54) is 24.3 Å². The topological polar surface area (TPSA) is 49.2 Å². The van der Waals surface area contributed by atoms with Crippen LogP contribution in [0.4, 0.5) is 4.39 Å². The highest BCUT2D eigenvalue weighted by Gasteiger charge is 2.26. The lowest BCUT2D eigenvalue weighted by Crippen LogP contribution is -2.49. The van der Waals surface area contributed by atoms with Crippen LogP contribution in [0.1, 0.15) is 15.9 Å². The van der Waals surface area contributed by atoms with E-state index in [2.05, 4.69) is 4.90 Å². The summed E-state index contributed by atoms with van der Waals surface area (Å²) in [6.45, 7) is 4.88. The molecular weight excluding hydrogens is 361 g/mol. The molecule has 1 aliphatic heterocycles. The molecule has 1 aromatic heterocycles. The van der Waals surface area contributed by atoms with Gasteiger partial charge in [0.2, 0.25) is 0 Å². The van der Waals surface area contributed by atoms with E-state index in [0.29, 0.717) is 25.3 Å². The normalized spacial score (nSPS) is 17.8. The fourth-order valence-corrected chi connectivity index (χ4v) is 3.29. The van der Waals surface area contributed by atoms with Crippen LogP contribution in [0.3, 0.4) is 0 Å². The highest BCUT2D eigenvalue weighted by molar-refractivity contribution is 5.94. The average Bonchev–Trinajstić information content (AvgIpc) is 3.18. The van der Waals surface area contributed by atoms with Crippen LogP contribution in [-0.4, -0.2) is 80.1 Å². The molecule has 1 amide bonds. The first-order valence-electron chi connectivity index (χ1n) is 9.56. The second-order valence-corrected chi connectivity index (χ2v) is 7.42. The Labute approximate surface area is 165 Å². The van der Waals surface area contributed by atoms with E-state index in [-0.39, 0.29) is 17.8 Å². The van der Waals surface area contributed by atoms with Crippen molar-refractivity contribution >= 4 is 5.91 Å². The van der Waals surface area contributed by atoms with E-state index >= 15 is 0 Å². The SMILES string of the molecule is CN(C)CCN(CC1CN(Cc2ccoc2)CCO1)C(=O)c1ccc(F)cc1. The predicted molar refractivity (Wildman–Crippen MR) is 105 cm³/mol. The number of rotatable bonds is 8. The summed E-state index contributed by atoms with van der Waals surface area (Å²) in [5.74, 6) is -0.445. The maximum atomic E-state index is 13.2. The monoisotopic (exact) mass is 389 g/mol. The van der Waals surface area contributed by atoms with E-state index in [1.807, 2.05) is 25.1 Å². The number of amides is 1. The third-order valence-electron chi connectivity index (χ3n) is 4.83. The molecule has 1 atom stereocenters. The molecule has 6 nitrogen and oxygen atoms in total. The molecular formula is C21H28FN3O3. The van der Waals surface area contributed by atoms with Crippen molar-refractivity contribution in [2.24, 2.45) is 0 Å². The summed E-state index contributed by atoms with van der Waals surface area (Å²) in [7, 11) is 3.95. The number of benzene rings is 1. The number of halogens is 1. The fourth-order valence-electron chi connectivity index (χ4n) is 3.29. The Balaban J connectivity index is 1.64. The second kappa shape index (κ2) is 9.82. The van der Waals surface area contributed by atoms with Gasteiger partial charge in [-0.25, -0.2) is 4.39 Å². The van der Waals surface area contributed by atoms with Gasteiger partial charge < -0.3 is 19.0 Å². The number of morpholine rings is 1. The highest BCUT2D eigenvalue weighted by Crippen LogP contribution is 2.14. The van der Waals surface area contributed by atoms with Gasteiger partial charge in [-0.15, -0.1) is 0 Å². The van der Waals surface area contributed by atoms with Crippen molar-refractivity contribution in [1.82, 2.24) is 14.7 Å². The molecule has 1 aromatic carbocycles. The molecule has 0 aliphatic carbocycles. The van der Waals surface area contributed by atoms with E-state index in [9.17, 15) is 9.18 Å². The minimum absolute atomic E-state index is 0.0628. The minimum Gasteiger partial charge on any atom is -0.472 e. The minimum atomic E-state index is -0.345. The van der Waals surface area contributed by atoms with Gasteiger partial charge in [0.15, 0.2) is 0 Å². The Morgan fingerprint density at radius 1 is 1.21 bits per heavy atom. The summed E-state index contributed by atoms with van der Waals surface area (Å²) in [4.78, 5) is 19.1. The zero-order valence-electron chi connectivity index (χ0n) is 16.5. The van der Waals surface area contributed by atoms with Crippen molar-refractivity contribution in [3.8, 4) is 0 Å². The molecule has 2 aromatic rings. The average molecular weight is 389 g/mol. The molecule has 3 rings (SSSR count). The first-order chi connectivity index (χ1) is 13.5. The van der Waals surface area contributed by atoms with Gasteiger partial charge in [-0.3, -0.25) is 9.69 Å². The highest BCUT2D eigenvalue weighted by atomic mass is 19.1. The zero-order valence-corrected chi connectivity index (χ0v) is 16.5. The Morgan fingerprint density at radius 2 is 2.00 bits per heavy atom. The molecule has 1 fully saturated rings. The number of carbonyl (C=O) groups is 1. The van der Waals surface area contributed by atoms with Crippen LogP contribution in [0.25, 0.3) is 0 Å². The van der Waals surface area contributed by atoms with Crippen molar-refractivity contribution in [2.75, 3.05) is 53.4 Å². The summed E-state index contributed by atoms with van der Waals surface area (Å²) >= 11 is 0. The van der Waals surface area contributed by atoms with Crippen molar-refractivity contribution in [3.63, 3.8) is 0 Å². The summed E-state index contributed by atoms with van der Waals surface area (Å²) in [5, 5.41) is 0. The van der Waals surface area contributed by atoms with Crippen molar-refractivity contribution in [1.29, 1.82) is 0 Å². The molecule has 0 spiro atoms. The summed E-state index contributed by atoms with van der Waals surface area (Å²) in [6, 6.07) is 7.68. The largest absolute Gasteiger partial charge is 0.472 e. The Kier molecular flexibility index (Phi) is 7.19. The Bertz CT molecular complexity index is 734. The smallest absolute Gasteiger partial charge is 0.253 e. The van der Waals surface area contributed by atoms with Gasteiger partial charge in [-0.05, 0) is 44.4 Å². The third kappa shape index (κ3) is 5.89. The van der Waals surface area contributed by atoms with Gasteiger partial charge in [-0.2, -0.15) is 0 Å². The summed E-state index contributed by atoms with van der Waals surface area (Å²) < 4.78 is 24.3. The number of furan rings is 1. The lowest BCUT2D eigenvalue weighted by Gasteiger charge is -2.36. The maximum absolute atomic E-state index is 13.2. The van der Waals surface area contributed by atoms with Crippen molar-refractivity contribution < 1.29 is 18.3 Å². The number of likely N-dealkylation sites (N-methyl/N-ethyl adjacent to an activating group) is 1. The van der Waals surface area contributed by atoms with Crippen LogP contribution in [0, 0.1) is 5.82 Å². The molecule has 0 N–H and O–H groups in total. The van der Waals surface area contributed by atoms with Crippen molar-refractivity contribution in [3.05, 3.63) is 59.8 Å². The molecule has 152 valence electrons. The van der Waals surface area contributed by atoms with Gasteiger partial charge >= 0.3 is 0 Å². The maximum Gasteiger partial charge on any atom is 0.253 e. The summed E-state index contributed by atoms with van der Waals surface area (Å²) in [5.41, 5.74) is 1.62. The molecule has 1 unspecified atom stereocenters. The molecule has 0 radical (unpaired) electrons. The first kappa shape index (κ1) is 20.5. The number of ether oxygens (including phenoxy) is 1. The molecule has 1 aliphatic rings. The standard InChI is InChI=1S/C21H28FN3O3/c1-23(2)8-9-25(21(26)18-3-5-19(22)6-4-18)15-20-14-24(10-12-28-20)13-17-7-11-27-16-17/h3-7,11,16,20H,8-10,12-15H2,1-2H3. The number of carbonyl (C=O) groups excluding carboxylic acids is 1. The van der Waals surface area contributed by atoms with Gasteiger partial charge in [0.25, 0.3) is 5.91 Å². The van der Waals surface area contributed by atoms with Gasteiger partial charge in [0.05, 0.1) is 25.2 Å². The van der Waals surface area contributed by atoms with E-state index < -0.39 is 0 Å². The number of hydrogen-bond acceptors (Lipinski definition) is 5. The predicted octanol–water partition coefficient (Wildman–Crippen LogP) is 2.32. The molecule has 0 bridgehead atoms. The molecule has 0 saturated carbocycles. The van der Waals surface area contributed by atoms with E-state index in [0.717, 1.165) is 31.7 Å². The second-order valence-electron chi connectivity index (χ2n) is 7.42. The lowest BCUT2D eigenvalue weighted by atomic mass is 10.1. The van der Waals surface area contributed by atoms with Gasteiger partial charge in [0.1, 0.15) is 5.82 Å². The molecule has 28 heavy (non-hydrogen) atoms.